The van der Waals surface area contributed by atoms with E-state index in [1.54, 1.807) is 19.0 Å². The van der Waals surface area contributed by atoms with E-state index in [0.29, 0.717) is 16.8 Å². The molecule has 38 heavy (non-hydrogen) atoms. The van der Waals surface area contributed by atoms with Crippen molar-refractivity contribution in [2.75, 3.05) is 46.3 Å². The Bertz CT molecular complexity index is 1230. The second-order valence-electron chi connectivity index (χ2n) is 10.8. The van der Waals surface area contributed by atoms with Gasteiger partial charge in [-0.15, -0.1) is 0 Å². The maximum atomic E-state index is 13.8. The number of amides is 1. The number of hydrogen-bond acceptors (Lipinski definition) is 10. The summed E-state index contributed by atoms with van der Waals surface area (Å²) in [5.41, 5.74) is 4.26. The number of carbonyl (C=O) groups is 5. The Balaban J connectivity index is 1.86. The number of nitrogens with one attached hydrogen (secondary N) is 1. The van der Waals surface area contributed by atoms with E-state index in [4.69, 9.17) is 5.73 Å². The molecule has 0 spiro atoms. The predicted octanol–water partition coefficient (Wildman–Crippen LogP) is -1.01. The number of ketones is 4. The summed E-state index contributed by atoms with van der Waals surface area (Å²) in [6, 6.07) is 0.229. The summed E-state index contributed by atoms with van der Waals surface area (Å²) in [5, 5.41) is 25.4. The molecule has 1 aromatic rings. The molecular formula is C26H33FN4O7. The average Bonchev–Trinajstić information content (AvgIpc) is 2.80. The Morgan fingerprint density at radius 2 is 1.84 bits per heavy atom. The number of carbonyl (C=O) groups excluding carboxylic acids is 5. The molecule has 0 radical (unpaired) electrons. The third kappa shape index (κ3) is 3.93. The monoisotopic (exact) mass is 532 g/mol. The van der Waals surface area contributed by atoms with Crippen molar-refractivity contribution >= 4 is 34.7 Å². The van der Waals surface area contributed by atoms with Gasteiger partial charge in [0.2, 0.25) is 5.91 Å². The summed E-state index contributed by atoms with van der Waals surface area (Å²) in [6.45, 7) is -0.255. The van der Waals surface area contributed by atoms with Crippen LogP contribution in [0, 0.1) is 23.7 Å². The van der Waals surface area contributed by atoms with Gasteiger partial charge >= 0.3 is 0 Å². The summed E-state index contributed by atoms with van der Waals surface area (Å²) in [7, 11) is 6.59. The van der Waals surface area contributed by atoms with Crippen LogP contribution < -0.4 is 16.0 Å². The van der Waals surface area contributed by atoms with Crippen LogP contribution in [-0.2, 0) is 32.1 Å². The minimum Gasteiger partial charge on any atom is -0.507 e. The molecule has 3 aliphatic carbocycles. The van der Waals surface area contributed by atoms with E-state index >= 15 is 0 Å². The Kier molecular flexibility index (Phi) is 7.19. The molecule has 2 unspecified atom stereocenters. The lowest BCUT2D eigenvalue weighted by molar-refractivity contribution is -0.181. The number of hydrogen-bond donors (Lipinski definition) is 4. The van der Waals surface area contributed by atoms with Crippen molar-refractivity contribution in [3.05, 3.63) is 22.8 Å². The molecule has 3 aliphatic rings. The zero-order chi connectivity index (χ0) is 28.3. The van der Waals surface area contributed by atoms with Crippen molar-refractivity contribution in [3.8, 4) is 5.75 Å². The van der Waals surface area contributed by atoms with Crippen LogP contribution in [0.4, 0.5) is 10.1 Å². The number of aromatic hydroxyl groups is 1. The average molecular weight is 533 g/mol. The van der Waals surface area contributed by atoms with Crippen molar-refractivity contribution < 1.29 is 38.6 Å². The number of phenolic OH excluding ortho intramolecular Hbond substituents is 1. The van der Waals surface area contributed by atoms with Crippen molar-refractivity contribution in [3.63, 3.8) is 0 Å². The third-order valence-electron chi connectivity index (χ3n) is 8.15. The zero-order valence-corrected chi connectivity index (χ0v) is 21.8. The van der Waals surface area contributed by atoms with Crippen LogP contribution in [0.3, 0.4) is 0 Å². The summed E-state index contributed by atoms with van der Waals surface area (Å²) < 4.78 is 12.7. The molecule has 2 saturated carbocycles. The fourth-order valence-corrected chi connectivity index (χ4v) is 6.71. The summed E-state index contributed by atoms with van der Waals surface area (Å²) in [5.74, 6) is -10.9. The van der Waals surface area contributed by atoms with Gasteiger partial charge in [0.1, 0.15) is 12.4 Å². The highest BCUT2D eigenvalue weighted by atomic mass is 19.1. The maximum Gasteiger partial charge on any atom is 0.235 e. The molecular weight excluding hydrogens is 499 g/mol. The number of likely N-dealkylation sites (N-methyl/N-ethyl adjacent to an activating group) is 1. The van der Waals surface area contributed by atoms with Gasteiger partial charge in [-0.25, -0.2) is 4.39 Å². The van der Waals surface area contributed by atoms with E-state index < -0.39 is 71.0 Å². The van der Waals surface area contributed by atoms with Crippen molar-refractivity contribution in [2.24, 2.45) is 29.4 Å². The molecule has 1 aromatic carbocycles. The lowest BCUT2D eigenvalue weighted by Gasteiger charge is -2.52. The van der Waals surface area contributed by atoms with Crippen molar-refractivity contribution in [2.45, 2.75) is 31.0 Å². The number of nitrogens with two attached hydrogens (primary N) is 1. The molecule has 1 amide bonds. The molecule has 0 bridgehead atoms. The number of rotatable bonds is 7. The molecule has 0 aromatic heterocycles. The van der Waals surface area contributed by atoms with Crippen LogP contribution in [0.2, 0.25) is 0 Å². The second-order valence-corrected chi connectivity index (χ2v) is 10.8. The van der Waals surface area contributed by atoms with Crippen LogP contribution in [0.5, 0.6) is 5.75 Å². The first kappa shape index (κ1) is 27.8. The smallest absolute Gasteiger partial charge is 0.235 e. The first-order valence-electron chi connectivity index (χ1n) is 12.4. The van der Waals surface area contributed by atoms with E-state index in [1.807, 2.05) is 0 Å². The molecule has 0 heterocycles. The number of nitrogens with zero attached hydrogens (tertiary/aromatic N) is 2. The SMILES string of the molecule is CN(C)c1c(CNCCF)cc(O)c2c1C[C@H]1C[C@H]3[C@H](N(C)C)C(=O)C(C(N)=O)C(=O)[C@@]3(O)C(=O)C1C2=O. The van der Waals surface area contributed by atoms with Gasteiger partial charge in [0.25, 0.3) is 0 Å². The zero-order valence-electron chi connectivity index (χ0n) is 21.8. The molecule has 5 N–H and O–H groups in total. The number of halogens is 1. The summed E-state index contributed by atoms with van der Waals surface area (Å²) in [6.07, 6.45) is 0.131. The van der Waals surface area contributed by atoms with Gasteiger partial charge in [0, 0.05) is 38.8 Å². The van der Waals surface area contributed by atoms with E-state index in [1.165, 1.54) is 25.1 Å². The Hall–Kier alpha value is -3.22. The van der Waals surface area contributed by atoms with Crippen molar-refractivity contribution in [1.29, 1.82) is 0 Å². The fraction of sp³-hybridized carbons (Fsp3) is 0.577. The normalized spacial score (nSPS) is 30.7. The maximum absolute atomic E-state index is 13.8. The van der Waals surface area contributed by atoms with Gasteiger partial charge in [-0.3, -0.25) is 28.9 Å². The minimum absolute atomic E-state index is 0.0259. The molecule has 6 atom stereocenters. The lowest BCUT2D eigenvalue weighted by Crippen LogP contribution is -2.74. The second kappa shape index (κ2) is 9.83. The number of benzene rings is 1. The van der Waals surface area contributed by atoms with Crippen LogP contribution in [0.15, 0.2) is 6.07 Å². The highest BCUT2D eigenvalue weighted by Gasteiger charge is 2.69. The quantitative estimate of drug-likeness (QED) is 0.252. The lowest BCUT2D eigenvalue weighted by atomic mass is 9.52. The van der Waals surface area contributed by atoms with Crippen LogP contribution in [0.1, 0.15) is 27.9 Å². The van der Waals surface area contributed by atoms with E-state index in [0.717, 1.165) is 0 Å². The third-order valence-corrected chi connectivity index (χ3v) is 8.15. The Morgan fingerprint density at radius 3 is 2.39 bits per heavy atom. The van der Waals surface area contributed by atoms with E-state index in [9.17, 15) is 38.6 Å². The number of Topliss-reactive ketones (excluding diaryl/α,β-unsaturated/α-hetero) is 4. The number of anilines is 1. The Morgan fingerprint density at radius 1 is 1.18 bits per heavy atom. The Labute approximate surface area is 219 Å². The number of fused-ring (bicyclic) bond motifs is 3. The van der Waals surface area contributed by atoms with E-state index in [-0.39, 0.29) is 37.2 Å². The molecule has 11 nitrogen and oxygen atoms in total. The molecule has 2 fully saturated rings. The standard InChI is InChI=1S/C26H33FN4O7/c1-30(2)19-12(10-29-6-5-27)9-15(32)17-13(19)7-11-8-14-20(31(3)4)22(34)18(25(28)37)24(36)26(14,38)23(35)16(11)21(17)33/h9,11,14,16,18,20,29,32,38H,5-8,10H2,1-4H3,(H2,28,37)/t11-,14-,16?,18?,20-,26-/m0/s1. The minimum atomic E-state index is -2.76. The number of aliphatic hydroxyl groups is 1. The molecule has 12 heteroatoms. The first-order valence-corrected chi connectivity index (χ1v) is 12.4. The van der Waals surface area contributed by atoms with Gasteiger partial charge < -0.3 is 26.2 Å². The molecule has 206 valence electrons. The first-order chi connectivity index (χ1) is 17.8. The highest BCUT2D eigenvalue weighted by Crippen LogP contribution is 2.52. The van der Waals surface area contributed by atoms with Gasteiger partial charge in [-0.05, 0) is 50.0 Å². The highest BCUT2D eigenvalue weighted by molar-refractivity contribution is 6.32. The summed E-state index contributed by atoms with van der Waals surface area (Å²) in [4.78, 5) is 69.4. The van der Waals surface area contributed by atoms with Gasteiger partial charge in [-0.2, -0.15) is 0 Å². The summed E-state index contributed by atoms with van der Waals surface area (Å²) >= 11 is 0. The number of alkyl halides is 1. The van der Waals surface area contributed by atoms with E-state index in [2.05, 4.69) is 5.32 Å². The fourth-order valence-electron chi connectivity index (χ4n) is 6.71. The topological polar surface area (TPSA) is 170 Å². The van der Waals surface area contributed by atoms with Gasteiger partial charge in [0.15, 0.2) is 34.7 Å². The molecule has 0 saturated heterocycles. The van der Waals surface area contributed by atoms with Gasteiger partial charge in [-0.1, -0.05) is 0 Å². The van der Waals surface area contributed by atoms with Crippen LogP contribution in [0.25, 0.3) is 0 Å². The number of primary amides is 1. The largest absolute Gasteiger partial charge is 0.507 e. The van der Waals surface area contributed by atoms with Crippen LogP contribution >= 0.6 is 0 Å². The van der Waals surface area contributed by atoms with Crippen molar-refractivity contribution in [1.82, 2.24) is 10.2 Å². The predicted molar refractivity (Wildman–Crippen MR) is 133 cm³/mol. The molecule has 4 rings (SSSR count). The molecule has 0 aliphatic heterocycles. The van der Waals surface area contributed by atoms with Gasteiger partial charge in [0.05, 0.1) is 17.5 Å². The number of phenols is 1. The van der Waals surface area contributed by atoms with Crippen LogP contribution in [-0.4, -0.2) is 97.2 Å².